The van der Waals surface area contributed by atoms with Crippen LogP contribution in [0.25, 0.3) is 0 Å². The fourth-order valence-corrected chi connectivity index (χ4v) is 3.54. The van der Waals surface area contributed by atoms with E-state index in [4.69, 9.17) is 0 Å². The SMILES string of the molecule is CCCCCCCCCC1Nc2cccc(S(=O)(=O)O)c2N1. The molecule has 0 saturated carbocycles. The number of para-hydroxylation sites is 1. The Morgan fingerprint density at radius 3 is 2.41 bits per heavy atom. The first kappa shape index (κ1) is 17.1. The molecule has 124 valence electrons. The number of anilines is 2. The zero-order chi connectivity index (χ0) is 16.0. The van der Waals surface area contributed by atoms with Crippen LogP contribution in [-0.4, -0.2) is 19.1 Å². The van der Waals surface area contributed by atoms with Crippen molar-refractivity contribution in [3.05, 3.63) is 18.2 Å². The highest BCUT2D eigenvalue weighted by molar-refractivity contribution is 7.86. The summed E-state index contributed by atoms with van der Waals surface area (Å²) in [5, 5.41) is 6.44. The maximum Gasteiger partial charge on any atom is 0.296 e. The lowest BCUT2D eigenvalue weighted by molar-refractivity contribution is 0.483. The zero-order valence-electron chi connectivity index (χ0n) is 13.1. The summed E-state index contributed by atoms with van der Waals surface area (Å²) in [4.78, 5) is -0.0560. The molecular formula is C16H26N2O3S. The summed E-state index contributed by atoms with van der Waals surface area (Å²) in [5.41, 5.74) is 1.22. The van der Waals surface area contributed by atoms with E-state index in [2.05, 4.69) is 17.6 Å². The van der Waals surface area contributed by atoms with Crippen LogP contribution in [0.3, 0.4) is 0 Å². The van der Waals surface area contributed by atoms with Gasteiger partial charge in [-0.25, -0.2) is 0 Å². The van der Waals surface area contributed by atoms with Gasteiger partial charge < -0.3 is 10.6 Å². The van der Waals surface area contributed by atoms with Crippen molar-refractivity contribution in [3.8, 4) is 0 Å². The van der Waals surface area contributed by atoms with Crippen molar-refractivity contribution in [3.63, 3.8) is 0 Å². The third kappa shape index (κ3) is 4.61. The lowest BCUT2D eigenvalue weighted by Crippen LogP contribution is -2.22. The number of nitrogens with one attached hydrogen (secondary N) is 2. The van der Waals surface area contributed by atoms with Gasteiger partial charge in [0.05, 0.1) is 17.5 Å². The molecule has 0 amide bonds. The van der Waals surface area contributed by atoms with Crippen LogP contribution in [0, 0.1) is 0 Å². The summed E-state index contributed by atoms with van der Waals surface area (Å²) in [6.07, 6.45) is 9.74. The molecule has 1 aliphatic heterocycles. The lowest BCUT2D eigenvalue weighted by atomic mass is 10.1. The molecule has 0 bridgehead atoms. The highest BCUT2D eigenvalue weighted by atomic mass is 32.2. The number of hydrogen-bond acceptors (Lipinski definition) is 4. The van der Waals surface area contributed by atoms with E-state index >= 15 is 0 Å². The second-order valence-electron chi connectivity index (χ2n) is 5.91. The molecular weight excluding hydrogens is 300 g/mol. The van der Waals surface area contributed by atoms with Crippen molar-refractivity contribution in [2.24, 2.45) is 0 Å². The summed E-state index contributed by atoms with van der Waals surface area (Å²) in [6, 6.07) is 4.87. The third-order valence-electron chi connectivity index (χ3n) is 4.05. The van der Waals surface area contributed by atoms with Crippen molar-refractivity contribution >= 4 is 21.5 Å². The Morgan fingerprint density at radius 1 is 1.05 bits per heavy atom. The van der Waals surface area contributed by atoms with Crippen LogP contribution in [0.5, 0.6) is 0 Å². The van der Waals surface area contributed by atoms with Gasteiger partial charge in [-0.3, -0.25) is 4.55 Å². The van der Waals surface area contributed by atoms with Crippen molar-refractivity contribution in [1.82, 2.24) is 0 Å². The van der Waals surface area contributed by atoms with Crippen molar-refractivity contribution in [2.75, 3.05) is 10.6 Å². The minimum Gasteiger partial charge on any atom is -0.364 e. The number of benzene rings is 1. The van der Waals surface area contributed by atoms with E-state index in [1.54, 1.807) is 6.07 Å². The van der Waals surface area contributed by atoms with Gasteiger partial charge in [-0.15, -0.1) is 0 Å². The number of rotatable bonds is 9. The molecule has 0 fully saturated rings. The monoisotopic (exact) mass is 326 g/mol. The summed E-state index contributed by atoms with van der Waals surface area (Å²) in [7, 11) is -4.19. The van der Waals surface area contributed by atoms with Gasteiger partial charge in [-0.1, -0.05) is 51.5 Å². The summed E-state index contributed by atoms with van der Waals surface area (Å²) in [6.45, 7) is 2.22. The first-order chi connectivity index (χ1) is 10.5. The second kappa shape index (κ2) is 7.83. The van der Waals surface area contributed by atoms with E-state index < -0.39 is 10.1 Å². The van der Waals surface area contributed by atoms with Crippen LogP contribution in [0.15, 0.2) is 23.1 Å². The third-order valence-corrected chi connectivity index (χ3v) is 4.94. The number of fused-ring (bicyclic) bond motifs is 1. The Bertz CT molecular complexity index is 587. The fraction of sp³-hybridized carbons (Fsp3) is 0.625. The topological polar surface area (TPSA) is 78.4 Å². The smallest absolute Gasteiger partial charge is 0.296 e. The molecule has 1 atom stereocenters. The average Bonchev–Trinajstić information content (AvgIpc) is 2.87. The van der Waals surface area contributed by atoms with Crippen LogP contribution < -0.4 is 10.6 Å². The second-order valence-corrected chi connectivity index (χ2v) is 7.29. The molecule has 1 unspecified atom stereocenters. The molecule has 1 aromatic carbocycles. The molecule has 1 aromatic rings. The van der Waals surface area contributed by atoms with Crippen LogP contribution >= 0.6 is 0 Å². The molecule has 0 aliphatic carbocycles. The molecule has 0 radical (unpaired) electrons. The molecule has 0 saturated heterocycles. The Hall–Kier alpha value is -1.27. The predicted octanol–water partition coefficient (Wildman–Crippen LogP) is 4.24. The normalized spacial score (nSPS) is 16.9. The van der Waals surface area contributed by atoms with Crippen LogP contribution in [0.2, 0.25) is 0 Å². The quantitative estimate of drug-likeness (QED) is 0.467. The van der Waals surface area contributed by atoms with Crippen molar-refractivity contribution < 1.29 is 13.0 Å². The van der Waals surface area contributed by atoms with Gasteiger partial charge in [0.2, 0.25) is 0 Å². The molecule has 1 aliphatic rings. The highest BCUT2D eigenvalue weighted by Crippen LogP contribution is 2.35. The maximum atomic E-state index is 11.4. The summed E-state index contributed by atoms with van der Waals surface area (Å²) in [5.74, 6) is 0. The Kier molecular flexibility index (Phi) is 6.08. The minimum atomic E-state index is -4.19. The van der Waals surface area contributed by atoms with Crippen LogP contribution in [0.4, 0.5) is 11.4 Å². The standard InChI is InChI=1S/C16H26N2O3S/c1-2-3-4-5-6-7-8-12-15-17-13-10-9-11-14(16(13)18-15)22(19,20)21/h9-11,15,17-18H,2-8,12H2,1H3,(H,19,20,21). The van der Waals surface area contributed by atoms with Crippen LogP contribution in [-0.2, 0) is 10.1 Å². The largest absolute Gasteiger partial charge is 0.364 e. The van der Waals surface area contributed by atoms with Crippen molar-refractivity contribution in [2.45, 2.75) is 69.4 Å². The first-order valence-electron chi connectivity index (χ1n) is 8.16. The fourth-order valence-electron chi connectivity index (χ4n) is 2.86. The van der Waals surface area contributed by atoms with E-state index in [1.165, 1.54) is 44.6 Å². The summed E-state index contributed by atoms with van der Waals surface area (Å²) >= 11 is 0. The Labute approximate surface area is 133 Å². The van der Waals surface area contributed by atoms with E-state index in [9.17, 15) is 13.0 Å². The average molecular weight is 326 g/mol. The van der Waals surface area contributed by atoms with E-state index in [-0.39, 0.29) is 11.1 Å². The van der Waals surface area contributed by atoms with E-state index in [1.807, 2.05) is 6.07 Å². The molecule has 2 rings (SSSR count). The van der Waals surface area contributed by atoms with Gasteiger partial charge >= 0.3 is 0 Å². The van der Waals surface area contributed by atoms with Gasteiger partial charge in [0, 0.05) is 0 Å². The van der Waals surface area contributed by atoms with Gasteiger partial charge in [0.25, 0.3) is 10.1 Å². The lowest BCUT2D eigenvalue weighted by Gasteiger charge is -2.12. The zero-order valence-corrected chi connectivity index (χ0v) is 14.0. The van der Waals surface area contributed by atoms with Gasteiger partial charge in [-0.2, -0.15) is 8.42 Å². The molecule has 0 spiro atoms. The molecule has 5 nitrogen and oxygen atoms in total. The maximum absolute atomic E-state index is 11.4. The molecule has 0 aromatic heterocycles. The number of hydrogen-bond donors (Lipinski definition) is 3. The Balaban J connectivity index is 1.78. The van der Waals surface area contributed by atoms with Gasteiger partial charge in [0.1, 0.15) is 4.90 Å². The van der Waals surface area contributed by atoms with Crippen molar-refractivity contribution in [1.29, 1.82) is 0 Å². The molecule has 3 N–H and O–H groups in total. The molecule has 1 heterocycles. The van der Waals surface area contributed by atoms with Gasteiger partial charge in [0.15, 0.2) is 0 Å². The Morgan fingerprint density at radius 2 is 1.73 bits per heavy atom. The minimum absolute atomic E-state index is 0.0357. The summed E-state index contributed by atoms with van der Waals surface area (Å²) < 4.78 is 32.0. The number of unbranched alkanes of at least 4 members (excludes halogenated alkanes) is 6. The first-order valence-corrected chi connectivity index (χ1v) is 9.60. The molecule has 6 heteroatoms. The molecule has 22 heavy (non-hydrogen) atoms. The van der Waals surface area contributed by atoms with E-state index in [0.29, 0.717) is 5.69 Å². The van der Waals surface area contributed by atoms with E-state index in [0.717, 1.165) is 18.5 Å². The van der Waals surface area contributed by atoms with Gasteiger partial charge in [-0.05, 0) is 25.0 Å². The highest BCUT2D eigenvalue weighted by Gasteiger charge is 2.26. The van der Waals surface area contributed by atoms with Crippen LogP contribution in [0.1, 0.15) is 58.3 Å². The predicted molar refractivity (Wildman–Crippen MR) is 89.9 cm³/mol.